The molecule has 8 nitrogen and oxygen atoms in total. The smallest absolute Gasteiger partial charge is 0.351 e. The Hall–Kier alpha value is -3.20. The van der Waals surface area contributed by atoms with Crippen molar-refractivity contribution in [2.45, 2.75) is 46.8 Å². The van der Waals surface area contributed by atoms with Crippen LogP contribution in [-0.2, 0) is 9.53 Å². The van der Waals surface area contributed by atoms with E-state index in [0.717, 1.165) is 21.5 Å². The van der Waals surface area contributed by atoms with Crippen molar-refractivity contribution in [2.24, 2.45) is 0 Å². The molecule has 0 aliphatic heterocycles. The summed E-state index contributed by atoms with van der Waals surface area (Å²) in [5, 5.41) is 5.59. The number of fused-ring (bicyclic) bond motifs is 1. The monoisotopic (exact) mass is 428 g/mol. The van der Waals surface area contributed by atoms with Crippen LogP contribution in [0.2, 0.25) is 0 Å². The number of amides is 3. The summed E-state index contributed by atoms with van der Waals surface area (Å²) in [6.45, 7) is 8.83. The molecular formula is C21H24N4O4S. The molecule has 9 heteroatoms. The lowest BCUT2D eigenvalue weighted by Gasteiger charge is -2.14. The molecule has 0 bridgehead atoms. The van der Waals surface area contributed by atoms with Crippen molar-refractivity contribution in [2.75, 3.05) is 0 Å². The highest BCUT2D eigenvalue weighted by Gasteiger charge is 2.27. The summed E-state index contributed by atoms with van der Waals surface area (Å²) in [4.78, 5) is 42.5. The van der Waals surface area contributed by atoms with Crippen LogP contribution in [0.5, 0.6) is 0 Å². The summed E-state index contributed by atoms with van der Waals surface area (Å²) in [5.74, 6) is -1.35. The number of nitrogens with zero attached hydrogens (tertiary/aromatic N) is 2. The molecule has 2 N–H and O–H groups in total. The Bertz CT molecular complexity index is 1100. The van der Waals surface area contributed by atoms with Gasteiger partial charge in [0.05, 0.1) is 5.69 Å². The molecule has 0 aromatic carbocycles. The first-order chi connectivity index (χ1) is 14.2. The van der Waals surface area contributed by atoms with E-state index in [4.69, 9.17) is 4.74 Å². The first-order valence-electron chi connectivity index (χ1n) is 9.53. The molecule has 0 aliphatic rings. The maximum atomic E-state index is 13.0. The van der Waals surface area contributed by atoms with Gasteiger partial charge >= 0.3 is 12.0 Å². The van der Waals surface area contributed by atoms with Crippen molar-refractivity contribution < 1.29 is 19.1 Å². The van der Waals surface area contributed by atoms with Gasteiger partial charge in [-0.3, -0.25) is 10.1 Å². The van der Waals surface area contributed by atoms with Crippen molar-refractivity contribution in [3.63, 3.8) is 0 Å². The van der Waals surface area contributed by atoms with Gasteiger partial charge in [-0.25, -0.2) is 14.6 Å². The third-order valence-electron chi connectivity index (χ3n) is 4.32. The zero-order valence-corrected chi connectivity index (χ0v) is 18.3. The van der Waals surface area contributed by atoms with Crippen LogP contribution in [0.3, 0.4) is 0 Å². The summed E-state index contributed by atoms with van der Waals surface area (Å²) in [7, 11) is 0. The SMILES string of the molecule is Cc1cc(C)c2c(-n3cccc3)c(C(=O)O[C@@H](C)C(=O)NC(=O)NC(C)C)sc2n1. The molecule has 0 spiro atoms. The summed E-state index contributed by atoms with van der Waals surface area (Å²) >= 11 is 1.22. The minimum atomic E-state index is -1.14. The number of hydrogen-bond acceptors (Lipinski definition) is 6. The van der Waals surface area contributed by atoms with Crippen LogP contribution in [0.4, 0.5) is 4.79 Å². The third kappa shape index (κ3) is 4.51. The molecule has 0 unspecified atom stereocenters. The van der Waals surface area contributed by atoms with E-state index >= 15 is 0 Å². The molecule has 1 atom stereocenters. The Kier molecular flexibility index (Phi) is 6.21. The van der Waals surface area contributed by atoms with Crippen LogP contribution in [0.25, 0.3) is 15.9 Å². The molecule has 30 heavy (non-hydrogen) atoms. The van der Waals surface area contributed by atoms with Gasteiger partial charge in [-0.05, 0) is 58.4 Å². The molecule has 3 rings (SSSR count). The standard InChI is InChI=1S/C21H24N4O4S/c1-11(2)22-21(28)24-18(26)14(5)29-20(27)17-16(25-8-6-7-9-25)15-12(3)10-13(4)23-19(15)30-17/h6-11,14H,1-5H3,(H2,22,24,26,28)/t14-/m0/s1. The van der Waals surface area contributed by atoms with Gasteiger partial charge in [0.15, 0.2) is 6.10 Å². The van der Waals surface area contributed by atoms with Gasteiger partial charge in [-0.2, -0.15) is 0 Å². The van der Waals surface area contributed by atoms with E-state index in [1.807, 2.05) is 49.0 Å². The van der Waals surface area contributed by atoms with Crippen LogP contribution < -0.4 is 10.6 Å². The second kappa shape index (κ2) is 8.66. The van der Waals surface area contributed by atoms with Gasteiger partial charge in [0.2, 0.25) is 0 Å². The van der Waals surface area contributed by atoms with Crippen LogP contribution >= 0.6 is 11.3 Å². The minimum absolute atomic E-state index is 0.127. The van der Waals surface area contributed by atoms with E-state index in [9.17, 15) is 14.4 Å². The quantitative estimate of drug-likeness (QED) is 0.606. The maximum absolute atomic E-state index is 13.0. The molecule has 0 radical (unpaired) electrons. The zero-order chi connectivity index (χ0) is 22.0. The molecule has 0 saturated carbocycles. The van der Waals surface area contributed by atoms with Gasteiger partial charge in [-0.1, -0.05) is 0 Å². The van der Waals surface area contributed by atoms with Gasteiger partial charge in [0.1, 0.15) is 9.71 Å². The van der Waals surface area contributed by atoms with Crippen molar-refractivity contribution in [3.8, 4) is 5.69 Å². The number of imide groups is 1. The molecule has 3 amide bonds. The number of ether oxygens (including phenoxy) is 1. The largest absolute Gasteiger partial charge is 0.448 e. The Morgan fingerprint density at radius 2 is 1.80 bits per heavy atom. The van der Waals surface area contributed by atoms with Gasteiger partial charge in [-0.15, -0.1) is 11.3 Å². The van der Waals surface area contributed by atoms with Crippen LogP contribution in [0.15, 0.2) is 30.6 Å². The number of carbonyl (C=O) groups excluding carboxylic acids is 3. The average Bonchev–Trinajstić information content (AvgIpc) is 3.27. The Morgan fingerprint density at radius 1 is 1.13 bits per heavy atom. The Balaban J connectivity index is 1.90. The summed E-state index contributed by atoms with van der Waals surface area (Å²) in [5.41, 5.74) is 2.51. The number of esters is 1. The molecule has 0 saturated heterocycles. The predicted octanol–water partition coefficient (Wildman–Crippen LogP) is 3.48. The van der Waals surface area contributed by atoms with Crippen molar-refractivity contribution in [3.05, 3.63) is 46.7 Å². The molecule has 0 fully saturated rings. The fourth-order valence-corrected chi connectivity index (χ4v) is 4.25. The third-order valence-corrected chi connectivity index (χ3v) is 5.37. The maximum Gasteiger partial charge on any atom is 0.351 e. The first-order valence-corrected chi connectivity index (χ1v) is 10.4. The number of pyridine rings is 1. The van der Waals surface area contributed by atoms with Gasteiger partial charge in [0, 0.05) is 29.5 Å². The summed E-state index contributed by atoms with van der Waals surface area (Å²) < 4.78 is 7.21. The van der Waals surface area contributed by atoms with E-state index in [0.29, 0.717) is 10.6 Å². The number of aromatic nitrogens is 2. The van der Waals surface area contributed by atoms with E-state index in [1.165, 1.54) is 18.3 Å². The highest BCUT2D eigenvalue weighted by atomic mass is 32.1. The van der Waals surface area contributed by atoms with E-state index in [2.05, 4.69) is 15.6 Å². The van der Waals surface area contributed by atoms with E-state index in [1.54, 1.807) is 13.8 Å². The summed E-state index contributed by atoms with van der Waals surface area (Å²) in [6, 6.07) is 4.92. The fourth-order valence-electron chi connectivity index (χ4n) is 3.07. The van der Waals surface area contributed by atoms with Crippen LogP contribution in [-0.4, -0.2) is 39.6 Å². The first kappa shape index (κ1) is 21.5. The number of rotatable bonds is 5. The van der Waals surface area contributed by atoms with Gasteiger partial charge in [0.25, 0.3) is 5.91 Å². The van der Waals surface area contributed by atoms with Crippen LogP contribution in [0, 0.1) is 13.8 Å². The molecule has 3 heterocycles. The highest BCUT2D eigenvalue weighted by molar-refractivity contribution is 7.21. The second-order valence-electron chi connectivity index (χ2n) is 7.30. The number of urea groups is 1. The van der Waals surface area contributed by atoms with Crippen molar-refractivity contribution in [1.29, 1.82) is 0 Å². The number of thiophene rings is 1. The lowest BCUT2D eigenvalue weighted by Crippen LogP contribution is -2.46. The molecule has 0 aliphatic carbocycles. The topological polar surface area (TPSA) is 102 Å². The minimum Gasteiger partial charge on any atom is -0.448 e. The van der Waals surface area contributed by atoms with E-state index in [-0.39, 0.29) is 6.04 Å². The average molecular weight is 429 g/mol. The van der Waals surface area contributed by atoms with Gasteiger partial charge < -0.3 is 14.6 Å². The zero-order valence-electron chi connectivity index (χ0n) is 17.5. The number of carbonyl (C=O) groups is 3. The lowest BCUT2D eigenvalue weighted by molar-refractivity contribution is -0.127. The van der Waals surface area contributed by atoms with Crippen molar-refractivity contribution >= 4 is 39.5 Å². The van der Waals surface area contributed by atoms with Crippen molar-refractivity contribution in [1.82, 2.24) is 20.2 Å². The van der Waals surface area contributed by atoms with E-state index < -0.39 is 24.0 Å². The second-order valence-corrected chi connectivity index (χ2v) is 8.29. The highest BCUT2D eigenvalue weighted by Crippen LogP contribution is 2.36. The lowest BCUT2D eigenvalue weighted by atomic mass is 10.1. The Morgan fingerprint density at radius 3 is 2.43 bits per heavy atom. The fraction of sp³-hybridized carbons (Fsp3) is 0.333. The normalized spacial score (nSPS) is 12.1. The number of nitrogens with one attached hydrogen (secondary N) is 2. The number of aryl methyl sites for hydroxylation is 2. The predicted molar refractivity (Wildman–Crippen MR) is 115 cm³/mol. The Labute approximate surface area is 178 Å². The molecule has 3 aromatic rings. The molecule has 158 valence electrons. The number of hydrogen-bond donors (Lipinski definition) is 2. The summed E-state index contributed by atoms with van der Waals surface area (Å²) in [6.07, 6.45) is 2.53. The van der Waals surface area contributed by atoms with Crippen LogP contribution in [0.1, 0.15) is 41.7 Å². The molecular weight excluding hydrogens is 404 g/mol. The molecule has 3 aromatic heterocycles.